The number of amides is 2. The molecule has 0 saturated heterocycles. The minimum Gasteiger partial charge on any atom is -0.497 e. The SMILES string of the molecule is COc1ccc(/C=N/NC(=O)CNC(=O)c2ccc(OC)c(OC)c2)cc1. The zero-order valence-electron chi connectivity index (χ0n) is 15.3. The van der Waals surface area contributed by atoms with Crippen molar-refractivity contribution in [1.82, 2.24) is 10.7 Å². The second-order valence-electron chi connectivity index (χ2n) is 5.32. The summed E-state index contributed by atoms with van der Waals surface area (Å²) in [5.74, 6) is 0.811. The maximum absolute atomic E-state index is 12.1. The first-order valence-corrected chi connectivity index (χ1v) is 8.03. The van der Waals surface area contributed by atoms with Crippen LogP contribution in [0.5, 0.6) is 17.2 Å². The Kier molecular flexibility index (Phi) is 7.18. The monoisotopic (exact) mass is 371 g/mol. The van der Waals surface area contributed by atoms with Crippen LogP contribution in [0.15, 0.2) is 47.6 Å². The zero-order valence-corrected chi connectivity index (χ0v) is 15.3. The summed E-state index contributed by atoms with van der Waals surface area (Å²) >= 11 is 0. The van der Waals surface area contributed by atoms with E-state index < -0.39 is 11.8 Å². The van der Waals surface area contributed by atoms with E-state index in [0.29, 0.717) is 17.1 Å². The molecule has 0 radical (unpaired) electrons. The lowest BCUT2D eigenvalue weighted by atomic mass is 10.2. The van der Waals surface area contributed by atoms with Crippen LogP contribution in [0.3, 0.4) is 0 Å². The Balaban J connectivity index is 1.83. The van der Waals surface area contributed by atoms with E-state index in [4.69, 9.17) is 14.2 Å². The summed E-state index contributed by atoms with van der Waals surface area (Å²) in [6.07, 6.45) is 1.49. The topological polar surface area (TPSA) is 98.2 Å². The second-order valence-corrected chi connectivity index (χ2v) is 5.32. The number of carbonyl (C=O) groups excluding carboxylic acids is 2. The molecule has 2 aromatic rings. The zero-order chi connectivity index (χ0) is 19.6. The van der Waals surface area contributed by atoms with Gasteiger partial charge in [-0.1, -0.05) is 0 Å². The third-order valence-corrected chi connectivity index (χ3v) is 3.57. The molecule has 0 unspecified atom stereocenters. The normalized spacial score (nSPS) is 10.3. The molecule has 2 aromatic carbocycles. The first kappa shape index (κ1) is 19.8. The molecule has 142 valence electrons. The molecule has 2 rings (SSSR count). The highest BCUT2D eigenvalue weighted by atomic mass is 16.5. The van der Waals surface area contributed by atoms with Crippen molar-refractivity contribution in [2.45, 2.75) is 0 Å². The average Bonchev–Trinajstić information content (AvgIpc) is 2.71. The quantitative estimate of drug-likeness (QED) is 0.542. The molecule has 0 aliphatic heterocycles. The molecule has 0 bridgehead atoms. The number of hydrogen-bond donors (Lipinski definition) is 2. The van der Waals surface area contributed by atoms with Crippen LogP contribution in [0.2, 0.25) is 0 Å². The molecule has 27 heavy (non-hydrogen) atoms. The summed E-state index contributed by atoms with van der Waals surface area (Å²) in [7, 11) is 4.57. The highest BCUT2D eigenvalue weighted by Crippen LogP contribution is 2.27. The molecule has 8 heteroatoms. The van der Waals surface area contributed by atoms with Crippen molar-refractivity contribution in [3.8, 4) is 17.2 Å². The summed E-state index contributed by atoms with van der Waals surface area (Å²) in [5, 5.41) is 6.36. The smallest absolute Gasteiger partial charge is 0.259 e. The maximum Gasteiger partial charge on any atom is 0.259 e. The van der Waals surface area contributed by atoms with Gasteiger partial charge in [-0.3, -0.25) is 9.59 Å². The molecule has 0 heterocycles. The van der Waals surface area contributed by atoms with Crippen LogP contribution in [0.25, 0.3) is 0 Å². The van der Waals surface area contributed by atoms with Gasteiger partial charge in [-0.15, -0.1) is 0 Å². The van der Waals surface area contributed by atoms with Crippen LogP contribution < -0.4 is 25.0 Å². The Labute approximate surface area is 157 Å². The number of hydrogen-bond acceptors (Lipinski definition) is 6. The van der Waals surface area contributed by atoms with Crippen LogP contribution in [-0.2, 0) is 4.79 Å². The van der Waals surface area contributed by atoms with Crippen LogP contribution in [-0.4, -0.2) is 45.9 Å². The number of methoxy groups -OCH3 is 3. The van der Waals surface area contributed by atoms with Crippen molar-refractivity contribution in [2.24, 2.45) is 5.10 Å². The van der Waals surface area contributed by atoms with E-state index in [1.54, 1.807) is 43.5 Å². The summed E-state index contributed by atoms with van der Waals surface area (Å²) in [5.41, 5.74) is 3.49. The van der Waals surface area contributed by atoms with Gasteiger partial charge in [0.05, 0.1) is 34.1 Å². The first-order chi connectivity index (χ1) is 13.1. The van der Waals surface area contributed by atoms with E-state index in [9.17, 15) is 9.59 Å². The third kappa shape index (κ3) is 5.74. The molecule has 0 aliphatic carbocycles. The molecule has 0 fully saturated rings. The van der Waals surface area contributed by atoms with Crippen molar-refractivity contribution < 1.29 is 23.8 Å². The van der Waals surface area contributed by atoms with E-state index in [0.717, 1.165) is 11.3 Å². The predicted octanol–water partition coefficient (Wildman–Crippen LogP) is 1.59. The van der Waals surface area contributed by atoms with Gasteiger partial charge in [0.1, 0.15) is 5.75 Å². The lowest BCUT2D eigenvalue weighted by Crippen LogP contribution is -2.34. The summed E-state index contributed by atoms with van der Waals surface area (Å²) in [4.78, 5) is 23.9. The number of benzene rings is 2. The van der Waals surface area contributed by atoms with Gasteiger partial charge in [-0.05, 0) is 48.0 Å². The predicted molar refractivity (Wildman–Crippen MR) is 101 cm³/mol. The number of hydrazone groups is 1. The highest BCUT2D eigenvalue weighted by Gasteiger charge is 2.11. The molecule has 0 saturated carbocycles. The Bertz CT molecular complexity index is 819. The summed E-state index contributed by atoms with van der Waals surface area (Å²) in [6.45, 7) is -0.215. The van der Waals surface area contributed by atoms with Crippen molar-refractivity contribution in [3.05, 3.63) is 53.6 Å². The van der Waals surface area contributed by atoms with Crippen molar-refractivity contribution in [3.63, 3.8) is 0 Å². The van der Waals surface area contributed by atoms with Gasteiger partial charge < -0.3 is 19.5 Å². The van der Waals surface area contributed by atoms with Gasteiger partial charge in [0.25, 0.3) is 11.8 Å². The molecule has 0 atom stereocenters. The van der Waals surface area contributed by atoms with Gasteiger partial charge >= 0.3 is 0 Å². The lowest BCUT2D eigenvalue weighted by Gasteiger charge is -2.09. The Hall–Kier alpha value is -3.55. The molecule has 2 N–H and O–H groups in total. The summed E-state index contributed by atoms with van der Waals surface area (Å²) < 4.78 is 15.3. The fourth-order valence-electron chi connectivity index (χ4n) is 2.15. The van der Waals surface area contributed by atoms with Crippen LogP contribution in [0.4, 0.5) is 0 Å². The molecule has 8 nitrogen and oxygen atoms in total. The average molecular weight is 371 g/mol. The second kappa shape index (κ2) is 9.81. The van der Waals surface area contributed by atoms with Gasteiger partial charge in [-0.2, -0.15) is 5.10 Å². The molecule has 0 spiro atoms. The fourth-order valence-corrected chi connectivity index (χ4v) is 2.15. The number of nitrogens with zero attached hydrogens (tertiary/aromatic N) is 1. The number of nitrogens with one attached hydrogen (secondary N) is 2. The number of ether oxygens (including phenoxy) is 3. The third-order valence-electron chi connectivity index (χ3n) is 3.57. The van der Waals surface area contributed by atoms with Gasteiger partial charge in [0.2, 0.25) is 0 Å². The van der Waals surface area contributed by atoms with Gasteiger partial charge in [0.15, 0.2) is 11.5 Å². The summed E-state index contributed by atoms with van der Waals surface area (Å²) in [6, 6.07) is 11.9. The van der Waals surface area contributed by atoms with E-state index in [-0.39, 0.29) is 6.54 Å². The van der Waals surface area contributed by atoms with E-state index in [2.05, 4.69) is 15.8 Å². The molecule has 2 amide bonds. The van der Waals surface area contributed by atoms with Crippen LogP contribution in [0, 0.1) is 0 Å². The molecular weight excluding hydrogens is 350 g/mol. The molecular formula is C19H21N3O5. The van der Waals surface area contributed by atoms with Gasteiger partial charge in [0, 0.05) is 5.56 Å². The van der Waals surface area contributed by atoms with Crippen molar-refractivity contribution in [1.29, 1.82) is 0 Å². The fraction of sp³-hybridized carbons (Fsp3) is 0.211. The minimum absolute atomic E-state index is 0.215. The highest BCUT2D eigenvalue weighted by molar-refractivity contribution is 5.97. The first-order valence-electron chi connectivity index (χ1n) is 8.03. The Morgan fingerprint density at radius 1 is 0.963 bits per heavy atom. The Morgan fingerprint density at radius 3 is 2.30 bits per heavy atom. The number of carbonyl (C=O) groups is 2. The van der Waals surface area contributed by atoms with Crippen LogP contribution in [0.1, 0.15) is 15.9 Å². The van der Waals surface area contributed by atoms with E-state index >= 15 is 0 Å². The lowest BCUT2D eigenvalue weighted by molar-refractivity contribution is -0.120. The standard InChI is InChI=1S/C19H21N3O5/c1-25-15-7-4-13(5-8-15)11-21-22-18(23)12-20-19(24)14-6-9-16(26-2)17(10-14)27-3/h4-11H,12H2,1-3H3,(H,20,24)(H,22,23)/b21-11+. The molecule has 0 aromatic heterocycles. The largest absolute Gasteiger partial charge is 0.497 e. The Morgan fingerprint density at radius 2 is 1.67 bits per heavy atom. The van der Waals surface area contributed by atoms with Crippen molar-refractivity contribution >= 4 is 18.0 Å². The minimum atomic E-state index is -0.450. The molecule has 0 aliphatic rings. The van der Waals surface area contributed by atoms with Crippen LogP contribution >= 0.6 is 0 Å². The van der Waals surface area contributed by atoms with Crippen molar-refractivity contribution in [2.75, 3.05) is 27.9 Å². The number of rotatable bonds is 8. The van der Waals surface area contributed by atoms with E-state index in [1.807, 2.05) is 0 Å². The van der Waals surface area contributed by atoms with E-state index in [1.165, 1.54) is 26.5 Å². The maximum atomic E-state index is 12.1. The van der Waals surface area contributed by atoms with Gasteiger partial charge in [-0.25, -0.2) is 5.43 Å².